The second-order valence-corrected chi connectivity index (χ2v) is 3.63. The van der Waals surface area contributed by atoms with E-state index in [2.05, 4.69) is 0 Å². The molecule has 0 fully saturated rings. The minimum atomic E-state index is -1.45. The quantitative estimate of drug-likeness (QED) is 0.710. The molecule has 0 heterocycles. The average Bonchev–Trinajstić information content (AvgIpc) is 2.37. The number of benzene rings is 1. The van der Waals surface area contributed by atoms with Gasteiger partial charge in [0.2, 0.25) is 0 Å². The second kappa shape index (κ2) is 6.00. The van der Waals surface area contributed by atoms with Crippen LogP contribution in [0.25, 0.3) is 0 Å². The third kappa shape index (κ3) is 2.97. The van der Waals surface area contributed by atoms with Gasteiger partial charge in [0, 0.05) is 5.56 Å². The number of aliphatic hydroxyl groups is 2. The molecule has 0 bridgehead atoms. The number of hydrogen-bond donors (Lipinski definition) is 3. The molecule has 2 unspecified atom stereocenters. The lowest BCUT2D eigenvalue weighted by molar-refractivity contribution is 0.0204. The van der Waals surface area contributed by atoms with Crippen LogP contribution in [0.3, 0.4) is 0 Å². The number of hydrogen-bond acceptors (Lipinski definition) is 5. The van der Waals surface area contributed by atoms with Crippen molar-refractivity contribution in [2.75, 3.05) is 7.11 Å². The molecule has 0 spiro atoms. The van der Waals surface area contributed by atoms with Gasteiger partial charge in [-0.2, -0.15) is 5.26 Å². The van der Waals surface area contributed by atoms with Gasteiger partial charge < -0.3 is 20.1 Å². The van der Waals surface area contributed by atoms with E-state index in [9.17, 15) is 15.0 Å². The van der Waals surface area contributed by atoms with E-state index in [-0.39, 0.29) is 17.5 Å². The van der Waals surface area contributed by atoms with Gasteiger partial charge >= 0.3 is 5.97 Å². The van der Waals surface area contributed by atoms with Crippen molar-refractivity contribution in [2.45, 2.75) is 18.6 Å². The minimum absolute atomic E-state index is 0.0181. The first-order valence-electron chi connectivity index (χ1n) is 5.15. The number of nitriles is 1. The van der Waals surface area contributed by atoms with Crippen LogP contribution in [0.5, 0.6) is 5.75 Å². The smallest absolute Gasteiger partial charge is 0.336 e. The minimum Gasteiger partial charge on any atom is -0.497 e. The third-order valence-electron chi connectivity index (χ3n) is 2.47. The van der Waals surface area contributed by atoms with Crippen molar-refractivity contribution in [3.63, 3.8) is 0 Å². The SMILES string of the molecule is COc1ccc(C(=O)O)c(C(O)C(O)CC#N)c1. The molecule has 0 aliphatic rings. The molecule has 3 N–H and O–H groups in total. The number of aliphatic hydroxyl groups excluding tert-OH is 2. The van der Waals surface area contributed by atoms with E-state index < -0.39 is 18.2 Å². The summed E-state index contributed by atoms with van der Waals surface area (Å²) in [5.41, 5.74) is -0.120. The molecule has 1 aromatic rings. The summed E-state index contributed by atoms with van der Waals surface area (Å²) in [4.78, 5) is 11.0. The first-order chi connectivity index (χ1) is 8.51. The van der Waals surface area contributed by atoms with Crippen molar-refractivity contribution in [2.24, 2.45) is 0 Å². The van der Waals surface area contributed by atoms with Crippen LogP contribution in [-0.2, 0) is 0 Å². The molecule has 0 amide bonds. The normalized spacial score (nSPS) is 13.4. The molecule has 0 saturated carbocycles. The number of ether oxygens (including phenoxy) is 1. The van der Waals surface area contributed by atoms with E-state index in [1.165, 1.54) is 25.3 Å². The van der Waals surface area contributed by atoms with Crippen LogP contribution >= 0.6 is 0 Å². The van der Waals surface area contributed by atoms with E-state index in [0.29, 0.717) is 5.75 Å². The van der Waals surface area contributed by atoms with Gasteiger partial charge in [-0.25, -0.2) is 4.79 Å². The maximum atomic E-state index is 11.0. The van der Waals surface area contributed by atoms with Crippen LogP contribution < -0.4 is 4.74 Å². The number of carboxylic acid groups (broad SMARTS) is 1. The van der Waals surface area contributed by atoms with Crippen molar-refractivity contribution in [3.8, 4) is 11.8 Å². The Hall–Kier alpha value is -2.10. The lowest BCUT2D eigenvalue weighted by Gasteiger charge is -2.18. The zero-order valence-corrected chi connectivity index (χ0v) is 9.70. The van der Waals surface area contributed by atoms with Gasteiger partial charge in [-0.1, -0.05) is 0 Å². The molecule has 0 aliphatic carbocycles. The molecule has 0 aromatic heterocycles. The third-order valence-corrected chi connectivity index (χ3v) is 2.47. The predicted molar refractivity (Wildman–Crippen MR) is 61.1 cm³/mol. The Bertz CT molecular complexity index is 480. The zero-order valence-electron chi connectivity index (χ0n) is 9.70. The van der Waals surface area contributed by atoms with E-state index >= 15 is 0 Å². The fourth-order valence-electron chi connectivity index (χ4n) is 1.52. The Kier molecular flexibility index (Phi) is 4.66. The molecule has 96 valence electrons. The average molecular weight is 251 g/mol. The molecule has 0 aliphatic heterocycles. The van der Waals surface area contributed by atoms with Crippen LogP contribution in [-0.4, -0.2) is 34.5 Å². The number of rotatable bonds is 5. The summed E-state index contributed by atoms with van der Waals surface area (Å²) in [5.74, 6) is -0.867. The highest BCUT2D eigenvalue weighted by atomic mass is 16.5. The molecule has 6 heteroatoms. The number of carboxylic acids is 1. The van der Waals surface area contributed by atoms with Crippen LogP contribution in [0.2, 0.25) is 0 Å². The highest BCUT2D eigenvalue weighted by Crippen LogP contribution is 2.26. The highest BCUT2D eigenvalue weighted by Gasteiger charge is 2.24. The lowest BCUT2D eigenvalue weighted by Crippen LogP contribution is -2.20. The van der Waals surface area contributed by atoms with Gasteiger partial charge in [-0.3, -0.25) is 0 Å². The molecule has 6 nitrogen and oxygen atoms in total. The summed E-state index contributed by atoms with van der Waals surface area (Å²) in [6.07, 6.45) is -3.09. The summed E-state index contributed by atoms with van der Waals surface area (Å²) in [7, 11) is 1.40. The Morgan fingerprint density at radius 1 is 1.50 bits per heavy atom. The second-order valence-electron chi connectivity index (χ2n) is 3.63. The van der Waals surface area contributed by atoms with Crippen LogP contribution in [0.1, 0.15) is 28.4 Å². The van der Waals surface area contributed by atoms with Crippen molar-refractivity contribution >= 4 is 5.97 Å². The Morgan fingerprint density at radius 3 is 2.67 bits per heavy atom. The van der Waals surface area contributed by atoms with Crippen molar-refractivity contribution in [3.05, 3.63) is 29.3 Å². The molecule has 1 aromatic carbocycles. The van der Waals surface area contributed by atoms with E-state index in [4.69, 9.17) is 15.1 Å². The highest BCUT2D eigenvalue weighted by molar-refractivity contribution is 5.89. The number of nitrogens with zero attached hydrogens (tertiary/aromatic N) is 1. The Labute approximate surface area is 104 Å². The molecular weight excluding hydrogens is 238 g/mol. The topological polar surface area (TPSA) is 111 Å². The number of carbonyl (C=O) groups is 1. The van der Waals surface area contributed by atoms with Crippen LogP contribution in [0, 0.1) is 11.3 Å². The van der Waals surface area contributed by atoms with Gasteiger partial charge in [0.15, 0.2) is 0 Å². The van der Waals surface area contributed by atoms with Crippen LogP contribution in [0.15, 0.2) is 18.2 Å². The summed E-state index contributed by atoms with van der Waals surface area (Å²) < 4.78 is 4.93. The van der Waals surface area contributed by atoms with Crippen molar-refractivity contribution in [1.82, 2.24) is 0 Å². The van der Waals surface area contributed by atoms with Gasteiger partial charge in [-0.05, 0) is 18.2 Å². The maximum absolute atomic E-state index is 11.0. The fraction of sp³-hybridized carbons (Fsp3) is 0.333. The summed E-state index contributed by atoms with van der Waals surface area (Å²) in [6.45, 7) is 0. The lowest BCUT2D eigenvalue weighted by atomic mass is 9.97. The van der Waals surface area contributed by atoms with E-state index in [1.54, 1.807) is 6.07 Å². The van der Waals surface area contributed by atoms with Crippen molar-refractivity contribution in [1.29, 1.82) is 5.26 Å². The van der Waals surface area contributed by atoms with Gasteiger partial charge in [0.05, 0.1) is 31.3 Å². The van der Waals surface area contributed by atoms with Gasteiger partial charge in [-0.15, -0.1) is 0 Å². The Morgan fingerprint density at radius 2 is 2.17 bits per heavy atom. The monoisotopic (exact) mass is 251 g/mol. The van der Waals surface area contributed by atoms with Crippen LogP contribution in [0.4, 0.5) is 0 Å². The molecular formula is C12H13NO5. The summed E-state index contributed by atoms with van der Waals surface area (Å²) in [5, 5.41) is 36.8. The predicted octanol–water partition coefficient (Wildman–Crippen LogP) is 0.701. The van der Waals surface area contributed by atoms with Gasteiger partial charge in [0.1, 0.15) is 11.9 Å². The first kappa shape index (κ1) is 14.0. The molecule has 1 rings (SSSR count). The number of methoxy groups -OCH3 is 1. The fourth-order valence-corrected chi connectivity index (χ4v) is 1.52. The summed E-state index contributed by atoms with van der Waals surface area (Å²) >= 11 is 0. The Balaban J connectivity index is 3.19. The van der Waals surface area contributed by atoms with Gasteiger partial charge in [0.25, 0.3) is 0 Å². The first-order valence-corrected chi connectivity index (χ1v) is 5.15. The number of aromatic carboxylic acids is 1. The van der Waals surface area contributed by atoms with Crippen molar-refractivity contribution < 1.29 is 24.9 Å². The van der Waals surface area contributed by atoms with E-state index in [0.717, 1.165) is 0 Å². The largest absolute Gasteiger partial charge is 0.497 e. The molecule has 18 heavy (non-hydrogen) atoms. The molecule has 2 atom stereocenters. The maximum Gasteiger partial charge on any atom is 0.336 e. The summed E-state index contributed by atoms with van der Waals surface area (Å²) in [6, 6.07) is 5.75. The van der Waals surface area contributed by atoms with E-state index in [1.807, 2.05) is 0 Å². The molecule has 0 radical (unpaired) electrons. The standard InChI is InChI=1S/C12H13NO5/c1-18-7-2-3-8(12(16)17)9(6-7)11(15)10(14)4-5-13/h2-3,6,10-11,14-15H,4H2,1H3,(H,16,17). The molecule has 0 saturated heterocycles. The zero-order chi connectivity index (χ0) is 13.7.